The van der Waals surface area contributed by atoms with E-state index in [2.05, 4.69) is 51.0 Å². The fourth-order valence-electron chi connectivity index (χ4n) is 7.10. The fourth-order valence-corrected chi connectivity index (χ4v) is 7.10. The van der Waals surface area contributed by atoms with Gasteiger partial charge >= 0.3 is 0 Å². The molecule has 1 aromatic carbocycles. The number of H-pyrrole nitrogens is 1. The molecular weight excluding hydrogens is 340 g/mol. The van der Waals surface area contributed by atoms with E-state index in [1.54, 1.807) is 0 Å². The van der Waals surface area contributed by atoms with Gasteiger partial charge in [-0.25, -0.2) is 0 Å². The van der Waals surface area contributed by atoms with Crippen LogP contribution in [0.3, 0.4) is 0 Å². The Morgan fingerprint density at radius 1 is 0.889 bits per heavy atom. The Morgan fingerprint density at radius 2 is 1.56 bits per heavy atom. The number of rotatable bonds is 4. The molecule has 5 fully saturated rings. The van der Waals surface area contributed by atoms with Gasteiger partial charge in [0.2, 0.25) is 0 Å². The largest absolute Gasteiger partial charge is 0.347 e. The topological polar surface area (TPSA) is 72.9 Å². The quantitative estimate of drug-likeness (QED) is 0.901. The number of tetrazole rings is 1. The molecule has 4 aliphatic carbocycles. The smallest absolute Gasteiger partial charge is 0.175 e. The molecule has 5 aliphatic rings. The molecule has 2 aromatic rings. The molecule has 142 valence electrons. The standard InChI is InChI=1S/C21H26N4O2/c1-2-4-14(5-3-1)12-20(13-19-22-24-25-23-19)15-8-17-10-16(20)11-18(9-15)21(17)26-6-7-27-21/h1-5,15-18H,6-13H2,(H,22,23,24,25). The predicted octanol–water partition coefficient (Wildman–Crippen LogP) is 2.78. The maximum absolute atomic E-state index is 6.25. The van der Waals surface area contributed by atoms with Crippen molar-refractivity contribution in [3.63, 3.8) is 0 Å². The van der Waals surface area contributed by atoms with Crippen molar-refractivity contribution in [2.24, 2.45) is 29.1 Å². The summed E-state index contributed by atoms with van der Waals surface area (Å²) in [4.78, 5) is 0. The number of ether oxygens (including phenoxy) is 2. The molecule has 27 heavy (non-hydrogen) atoms. The molecule has 0 unspecified atom stereocenters. The molecule has 6 nitrogen and oxygen atoms in total. The first-order valence-electron chi connectivity index (χ1n) is 10.3. The minimum Gasteiger partial charge on any atom is -0.347 e. The lowest BCUT2D eigenvalue weighted by molar-refractivity contribution is -0.310. The molecule has 1 saturated heterocycles. The van der Waals surface area contributed by atoms with Crippen molar-refractivity contribution in [2.75, 3.05) is 13.2 Å². The zero-order valence-electron chi connectivity index (χ0n) is 15.5. The maximum atomic E-state index is 6.25. The fraction of sp³-hybridized carbons (Fsp3) is 0.667. The summed E-state index contributed by atoms with van der Waals surface area (Å²) in [6.07, 6.45) is 6.85. The van der Waals surface area contributed by atoms with Crippen molar-refractivity contribution in [3.05, 3.63) is 41.7 Å². The number of aromatic nitrogens is 4. The molecule has 7 rings (SSSR count). The Kier molecular flexibility index (Phi) is 3.51. The van der Waals surface area contributed by atoms with E-state index in [9.17, 15) is 0 Å². The van der Waals surface area contributed by atoms with Crippen LogP contribution >= 0.6 is 0 Å². The van der Waals surface area contributed by atoms with E-state index < -0.39 is 0 Å². The number of nitrogens with zero attached hydrogens (tertiary/aromatic N) is 3. The van der Waals surface area contributed by atoms with E-state index in [4.69, 9.17) is 9.47 Å². The summed E-state index contributed by atoms with van der Waals surface area (Å²) in [6, 6.07) is 11.0. The molecule has 1 spiro atoms. The van der Waals surface area contributed by atoms with Crippen LogP contribution < -0.4 is 0 Å². The van der Waals surface area contributed by atoms with Crippen molar-refractivity contribution in [1.29, 1.82) is 0 Å². The highest BCUT2D eigenvalue weighted by Gasteiger charge is 2.67. The van der Waals surface area contributed by atoms with Crippen molar-refractivity contribution >= 4 is 0 Å². The van der Waals surface area contributed by atoms with Crippen LogP contribution in [0.5, 0.6) is 0 Å². The second kappa shape index (κ2) is 5.85. The third-order valence-electron chi connectivity index (χ3n) is 8.03. The molecule has 1 aliphatic heterocycles. The first kappa shape index (κ1) is 16.2. The summed E-state index contributed by atoms with van der Waals surface area (Å²) in [5.41, 5.74) is 1.65. The van der Waals surface area contributed by atoms with Crippen molar-refractivity contribution in [3.8, 4) is 0 Å². The Balaban J connectivity index is 1.37. The van der Waals surface area contributed by atoms with Crippen molar-refractivity contribution in [2.45, 2.75) is 44.3 Å². The van der Waals surface area contributed by atoms with Crippen LogP contribution in [0.25, 0.3) is 0 Å². The van der Waals surface area contributed by atoms with Gasteiger partial charge in [-0.05, 0) is 54.9 Å². The number of hydrogen-bond donors (Lipinski definition) is 1. The zero-order valence-corrected chi connectivity index (χ0v) is 15.5. The van der Waals surface area contributed by atoms with Gasteiger partial charge in [-0.2, -0.15) is 5.21 Å². The summed E-state index contributed by atoms with van der Waals surface area (Å²) < 4.78 is 12.5. The van der Waals surface area contributed by atoms with Crippen LogP contribution in [0.4, 0.5) is 0 Å². The van der Waals surface area contributed by atoms with Gasteiger partial charge in [-0.1, -0.05) is 35.5 Å². The minimum atomic E-state index is -0.266. The molecular formula is C21H26N4O2. The number of hydrogen-bond acceptors (Lipinski definition) is 5. The average molecular weight is 366 g/mol. The number of aromatic amines is 1. The Labute approximate surface area is 159 Å². The second-order valence-electron chi connectivity index (χ2n) is 9.05. The van der Waals surface area contributed by atoms with E-state index in [0.717, 1.165) is 31.9 Å². The third kappa shape index (κ3) is 2.29. The van der Waals surface area contributed by atoms with Gasteiger partial charge in [0, 0.05) is 18.3 Å². The van der Waals surface area contributed by atoms with Crippen LogP contribution in [0.1, 0.15) is 37.1 Å². The Hall–Kier alpha value is -1.79. The minimum absolute atomic E-state index is 0.221. The van der Waals surface area contributed by atoms with E-state index in [1.165, 1.54) is 31.2 Å². The van der Waals surface area contributed by atoms with Crippen molar-refractivity contribution in [1.82, 2.24) is 20.6 Å². The molecule has 1 aromatic heterocycles. The van der Waals surface area contributed by atoms with Gasteiger partial charge < -0.3 is 9.47 Å². The summed E-state index contributed by atoms with van der Waals surface area (Å²) in [6.45, 7) is 1.53. The van der Waals surface area contributed by atoms with Crippen LogP contribution in [-0.2, 0) is 22.3 Å². The van der Waals surface area contributed by atoms with Crippen molar-refractivity contribution < 1.29 is 9.47 Å². The summed E-state index contributed by atoms with van der Waals surface area (Å²) >= 11 is 0. The van der Waals surface area contributed by atoms with Gasteiger partial charge in [-0.15, -0.1) is 10.2 Å². The molecule has 6 heteroatoms. The molecule has 4 bridgehead atoms. The SMILES string of the molecule is c1ccc(CC2(Cc3nn[nH]n3)C3CC4CC2CC(C3)C42OCCO2)cc1. The van der Waals surface area contributed by atoms with Crippen LogP contribution in [0.15, 0.2) is 30.3 Å². The molecule has 4 saturated carbocycles. The first-order chi connectivity index (χ1) is 13.3. The average Bonchev–Trinajstić information content (AvgIpc) is 3.34. The van der Waals surface area contributed by atoms with E-state index in [0.29, 0.717) is 23.7 Å². The van der Waals surface area contributed by atoms with Gasteiger partial charge in [-0.3, -0.25) is 0 Å². The second-order valence-corrected chi connectivity index (χ2v) is 9.05. The summed E-state index contributed by atoms with van der Waals surface area (Å²) in [5.74, 6) is 3.06. The predicted molar refractivity (Wildman–Crippen MR) is 97.5 cm³/mol. The highest BCUT2D eigenvalue weighted by molar-refractivity contribution is 5.22. The zero-order chi connectivity index (χ0) is 17.9. The van der Waals surface area contributed by atoms with Crippen LogP contribution in [0.2, 0.25) is 0 Å². The van der Waals surface area contributed by atoms with Crippen LogP contribution in [-0.4, -0.2) is 39.6 Å². The lowest BCUT2D eigenvalue weighted by Crippen LogP contribution is -2.65. The highest BCUT2D eigenvalue weighted by atomic mass is 16.7. The monoisotopic (exact) mass is 366 g/mol. The molecule has 0 amide bonds. The lowest BCUT2D eigenvalue weighted by Gasteiger charge is -2.66. The number of nitrogens with one attached hydrogen (secondary N) is 1. The van der Waals surface area contributed by atoms with Gasteiger partial charge in [0.15, 0.2) is 11.6 Å². The van der Waals surface area contributed by atoms with Crippen LogP contribution in [0, 0.1) is 29.1 Å². The molecule has 0 radical (unpaired) electrons. The van der Waals surface area contributed by atoms with Gasteiger partial charge in [0.05, 0.1) is 13.2 Å². The Morgan fingerprint density at radius 3 is 2.15 bits per heavy atom. The lowest BCUT2D eigenvalue weighted by atomic mass is 9.41. The van der Waals surface area contributed by atoms with E-state index in [1.807, 2.05) is 0 Å². The normalized spacial score (nSPS) is 38.7. The van der Waals surface area contributed by atoms with E-state index in [-0.39, 0.29) is 11.2 Å². The van der Waals surface area contributed by atoms with Gasteiger partial charge in [0.25, 0.3) is 0 Å². The molecule has 0 atom stereocenters. The third-order valence-corrected chi connectivity index (χ3v) is 8.03. The van der Waals surface area contributed by atoms with E-state index >= 15 is 0 Å². The summed E-state index contributed by atoms with van der Waals surface area (Å²) in [5, 5.41) is 15.1. The first-order valence-corrected chi connectivity index (χ1v) is 10.3. The maximum Gasteiger partial charge on any atom is 0.175 e. The van der Waals surface area contributed by atoms with Gasteiger partial charge in [0.1, 0.15) is 0 Å². The summed E-state index contributed by atoms with van der Waals surface area (Å²) in [7, 11) is 0. The Bertz CT molecular complexity index is 769. The molecule has 2 heterocycles. The molecule has 1 N–H and O–H groups in total. The highest BCUT2D eigenvalue weighted by Crippen LogP contribution is 2.68. The number of benzene rings is 1.